The van der Waals surface area contributed by atoms with Gasteiger partial charge in [0.15, 0.2) is 11.5 Å². The van der Waals surface area contributed by atoms with Crippen molar-refractivity contribution >= 4 is 28.9 Å². The Balaban J connectivity index is 1.78. The molecule has 0 spiro atoms. The second kappa shape index (κ2) is 9.18. The number of hydrogen-bond acceptors (Lipinski definition) is 5. The van der Waals surface area contributed by atoms with Crippen molar-refractivity contribution < 1.29 is 14.6 Å². The number of hydrogen-bond donors (Lipinski definition) is 2. The van der Waals surface area contributed by atoms with Crippen LogP contribution in [0, 0.1) is 0 Å². The summed E-state index contributed by atoms with van der Waals surface area (Å²) in [6.45, 7) is 0. The van der Waals surface area contributed by atoms with E-state index in [1.807, 2.05) is 42.5 Å². The fourth-order valence-corrected chi connectivity index (χ4v) is 4.24. The van der Waals surface area contributed by atoms with E-state index in [4.69, 9.17) is 37.7 Å². The van der Waals surface area contributed by atoms with Gasteiger partial charge in [-0.3, -0.25) is 10.3 Å². The highest BCUT2D eigenvalue weighted by atomic mass is 35.5. The van der Waals surface area contributed by atoms with E-state index in [1.165, 1.54) is 7.11 Å². The minimum atomic E-state index is -0.411. The summed E-state index contributed by atoms with van der Waals surface area (Å²) in [7, 11) is 3.17. The monoisotopic (exact) mass is 456 g/mol. The molecule has 2 atom stereocenters. The lowest BCUT2D eigenvalue weighted by molar-refractivity contribution is 0.360. The molecule has 0 unspecified atom stereocenters. The van der Waals surface area contributed by atoms with E-state index in [0.29, 0.717) is 22.2 Å². The molecule has 2 N–H and O–H groups in total. The van der Waals surface area contributed by atoms with Crippen LogP contribution in [0.5, 0.6) is 17.2 Å². The van der Waals surface area contributed by atoms with Crippen LogP contribution in [0.4, 0.5) is 0 Å². The van der Waals surface area contributed by atoms with Crippen LogP contribution in [0.15, 0.2) is 65.7 Å². The second-order valence-corrected chi connectivity index (χ2v) is 8.04. The Morgan fingerprint density at radius 3 is 2.42 bits per heavy atom. The fraction of sp³-hybridized carbons (Fsp3) is 0.208. The average molecular weight is 457 g/mol. The van der Waals surface area contributed by atoms with Gasteiger partial charge in [0.25, 0.3) is 0 Å². The van der Waals surface area contributed by atoms with Crippen molar-refractivity contribution in [3.63, 3.8) is 0 Å². The van der Waals surface area contributed by atoms with Gasteiger partial charge in [0.1, 0.15) is 11.9 Å². The molecule has 0 bridgehead atoms. The number of methoxy groups -OCH3 is 2. The molecule has 0 aromatic heterocycles. The number of phenols is 1. The Morgan fingerprint density at radius 1 is 0.968 bits per heavy atom. The summed E-state index contributed by atoms with van der Waals surface area (Å²) in [5.74, 6) is 1.31. The van der Waals surface area contributed by atoms with E-state index >= 15 is 0 Å². The number of nitrogens with zero attached hydrogens (tertiary/aromatic N) is 1. The highest BCUT2D eigenvalue weighted by Gasteiger charge is 2.29. The Morgan fingerprint density at radius 2 is 1.74 bits per heavy atom. The lowest BCUT2D eigenvalue weighted by Gasteiger charge is -2.31. The average Bonchev–Trinajstić information content (AvgIpc) is 2.79. The lowest BCUT2D eigenvalue weighted by Crippen LogP contribution is -2.33. The molecule has 1 aliphatic heterocycles. The number of phenolic OH excluding ortho intramolecular Hbond substituents is 1. The largest absolute Gasteiger partial charge is 0.504 e. The third kappa shape index (κ3) is 4.49. The van der Waals surface area contributed by atoms with E-state index in [1.54, 1.807) is 25.3 Å². The molecular weight excluding hydrogens is 435 g/mol. The van der Waals surface area contributed by atoms with Crippen LogP contribution in [0.3, 0.4) is 0 Å². The molecule has 3 aromatic carbocycles. The number of benzene rings is 3. The quantitative estimate of drug-likeness (QED) is 0.498. The maximum atomic E-state index is 10.7. The predicted molar refractivity (Wildman–Crippen MR) is 124 cm³/mol. The molecule has 0 saturated carbocycles. The second-order valence-electron chi connectivity index (χ2n) is 7.19. The number of ether oxygens (including phenoxy) is 2. The number of para-hydroxylation sites is 1. The van der Waals surface area contributed by atoms with Crippen molar-refractivity contribution in [3.8, 4) is 17.2 Å². The number of halogens is 2. The van der Waals surface area contributed by atoms with Gasteiger partial charge in [0.05, 0.1) is 14.2 Å². The highest BCUT2D eigenvalue weighted by molar-refractivity contribution is 6.35. The van der Waals surface area contributed by atoms with Crippen LogP contribution < -0.4 is 14.8 Å². The molecule has 4 rings (SSSR count). The summed E-state index contributed by atoms with van der Waals surface area (Å²) in [6.07, 6.45) is 0.167. The van der Waals surface area contributed by atoms with Crippen LogP contribution >= 0.6 is 23.2 Å². The molecule has 31 heavy (non-hydrogen) atoms. The fourth-order valence-electron chi connectivity index (χ4n) is 3.73. The molecule has 160 valence electrons. The third-order valence-corrected chi connectivity index (χ3v) is 5.91. The predicted octanol–water partition coefficient (Wildman–Crippen LogP) is 5.94. The summed E-state index contributed by atoms with van der Waals surface area (Å²) < 4.78 is 10.6. The van der Waals surface area contributed by atoms with Crippen LogP contribution in [0.2, 0.25) is 10.0 Å². The molecule has 5 nitrogen and oxygen atoms in total. The molecule has 0 amide bonds. The smallest absolute Gasteiger partial charge is 0.162 e. The van der Waals surface area contributed by atoms with Gasteiger partial charge in [-0.05, 0) is 48.0 Å². The minimum absolute atomic E-state index is 0.111. The normalized spacial score (nSPS) is 18.4. The maximum absolute atomic E-state index is 10.7. The number of aromatic hydroxyl groups is 1. The van der Waals surface area contributed by atoms with E-state index in [0.717, 1.165) is 28.2 Å². The van der Waals surface area contributed by atoms with Gasteiger partial charge in [-0.2, -0.15) is 0 Å². The van der Waals surface area contributed by atoms with Crippen LogP contribution in [-0.2, 0) is 0 Å². The Hall–Kier alpha value is -2.73. The summed E-state index contributed by atoms with van der Waals surface area (Å²) >= 11 is 12.6. The molecule has 1 aliphatic rings. The van der Waals surface area contributed by atoms with Crippen molar-refractivity contribution in [3.05, 3.63) is 87.4 Å². The van der Waals surface area contributed by atoms with Crippen LogP contribution in [0.1, 0.15) is 35.3 Å². The molecule has 0 saturated heterocycles. The van der Waals surface area contributed by atoms with Gasteiger partial charge in [0.2, 0.25) is 0 Å². The summed E-state index contributed by atoms with van der Waals surface area (Å²) in [5, 5.41) is 15.3. The SMILES string of the molecule is COc1ccc(C2=N[C@H](c3ccc(Cl)cc3Cl)N[C@@H](c3cccc(OC)c3O)C2)cc1. The van der Waals surface area contributed by atoms with E-state index < -0.39 is 6.17 Å². The third-order valence-electron chi connectivity index (χ3n) is 5.35. The van der Waals surface area contributed by atoms with Crippen LogP contribution in [-0.4, -0.2) is 25.0 Å². The lowest BCUT2D eigenvalue weighted by atomic mass is 9.93. The number of nitrogens with one attached hydrogen (secondary N) is 1. The molecule has 0 aliphatic carbocycles. The molecule has 0 fully saturated rings. The molecule has 1 heterocycles. The van der Waals surface area contributed by atoms with Crippen molar-refractivity contribution in [2.45, 2.75) is 18.6 Å². The van der Waals surface area contributed by atoms with Crippen molar-refractivity contribution in [2.24, 2.45) is 4.99 Å². The molecule has 7 heteroatoms. The number of rotatable bonds is 5. The van der Waals surface area contributed by atoms with Crippen molar-refractivity contribution in [2.75, 3.05) is 14.2 Å². The van der Waals surface area contributed by atoms with Gasteiger partial charge in [-0.25, -0.2) is 0 Å². The van der Waals surface area contributed by atoms with Gasteiger partial charge >= 0.3 is 0 Å². The minimum Gasteiger partial charge on any atom is -0.504 e. The molecule has 3 aromatic rings. The van der Waals surface area contributed by atoms with Gasteiger partial charge < -0.3 is 14.6 Å². The van der Waals surface area contributed by atoms with Gasteiger partial charge in [0, 0.05) is 39.3 Å². The first kappa shape index (κ1) is 21.5. The number of aliphatic imine (C=N–C) groups is 1. The highest BCUT2D eigenvalue weighted by Crippen LogP contribution is 2.40. The Bertz CT molecular complexity index is 1120. The van der Waals surface area contributed by atoms with Crippen molar-refractivity contribution in [1.82, 2.24) is 5.32 Å². The zero-order chi connectivity index (χ0) is 22.0. The van der Waals surface area contributed by atoms with Crippen molar-refractivity contribution in [1.29, 1.82) is 0 Å². The first-order chi connectivity index (χ1) is 15.0. The van der Waals surface area contributed by atoms with E-state index in [2.05, 4.69) is 5.32 Å². The first-order valence-electron chi connectivity index (χ1n) is 9.78. The van der Waals surface area contributed by atoms with E-state index in [-0.39, 0.29) is 11.8 Å². The summed E-state index contributed by atoms with van der Waals surface area (Å²) in [4.78, 5) is 4.94. The van der Waals surface area contributed by atoms with Gasteiger partial charge in [-0.1, -0.05) is 41.4 Å². The van der Waals surface area contributed by atoms with Crippen LogP contribution in [0.25, 0.3) is 0 Å². The zero-order valence-corrected chi connectivity index (χ0v) is 18.6. The zero-order valence-electron chi connectivity index (χ0n) is 17.1. The first-order valence-corrected chi connectivity index (χ1v) is 10.5. The Kier molecular flexibility index (Phi) is 6.37. The van der Waals surface area contributed by atoms with E-state index in [9.17, 15) is 5.11 Å². The molecular formula is C24H22Cl2N2O3. The topological polar surface area (TPSA) is 63.1 Å². The standard InChI is InChI=1S/C24H22Cl2N2O3/c1-30-16-9-6-14(7-10-16)20-13-21(18-4-3-5-22(31-2)23(18)29)28-24(27-20)17-11-8-15(25)12-19(17)26/h3-12,21,24,28-29H,13H2,1-2H3/t21-,24+/m1/s1. The Labute approximate surface area is 191 Å². The van der Waals surface area contributed by atoms with Gasteiger partial charge in [-0.15, -0.1) is 0 Å². The molecule has 0 radical (unpaired) electrons. The summed E-state index contributed by atoms with van der Waals surface area (Å²) in [5.41, 5.74) is 3.41. The summed E-state index contributed by atoms with van der Waals surface area (Å²) in [6, 6.07) is 18.4. The maximum Gasteiger partial charge on any atom is 0.162 e.